The number of amides is 1. The lowest BCUT2D eigenvalue weighted by atomic mass is 10.0. The molecule has 1 aliphatic rings. The van der Waals surface area contributed by atoms with Crippen molar-refractivity contribution >= 4 is 5.91 Å². The first-order chi connectivity index (χ1) is 9.24. The number of carbonyl (C=O) groups excluding carboxylic acids is 1. The molecule has 1 aromatic rings. The highest BCUT2D eigenvalue weighted by Crippen LogP contribution is 2.41. The molecular weight excluding hydrogens is 240 g/mol. The van der Waals surface area contributed by atoms with E-state index < -0.39 is 0 Å². The van der Waals surface area contributed by atoms with Gasteiger partial charge in [-0.2, -0.15) is 0 Å². The first-order valence-electron chi connectivity index (χ1n) is 6.88. The molecule has 19 heavy (non-hydrogen) atoms. The predicted molar refractivity (Wildman–Crippen MR) is 74.9 cm³/mol. The van der Waals surface area contributed by atoms with Crippen LogP contribution in [0.15, 0.2) is 24.3 Å². The maximum absolute atomic E-state index is 11.8. The zero-order valence-corrected chi connectivity index (χ0v) is 11.4. The summed E-state index contributed by atoms with van der Waals surface area (Å²) in [5.41, 5.74) is 6.59. The third-order valence-electron chi connectivity index (χ3n) is 3.49. The first kappa shape index (κ1) is 13.9. The van der Waals surface area contributed by atoms with Gasteiger partial charge in [-0.1, -0.05) is 12.1 Å². The van der Waals surface area contributed by atoms with E-state index in [4.69, 9.17) is 10.5 Å². The number of nitrogens with one attached hydrogen (secondary N) is 1. The lowest BCUT2D eigenvalue weighted by Gasteiger charge is -2.19. The van der Waals surface area contributed by atoms with E-state index in [9.17, 15) is 4.79 Å². The molecule has 0 bridgehead atoms. The van der Waals surface area contributed by atoms with Crippen molar-refractivity contribution < 1.29 is 9.53 Å². The summed E-state index contributed by atoms with van der Waals surface area (Å²) >= 11 is 0. The molecule has 1 aromatic carbocycles. The molecule has 0 aliphatic heterocycles. The summed E-state index contributed by atoms with van der Waals surface area (Å²) in [7, 11) is 1.65. The van der Waals surface area contributed by atoms with Gasteiger partial charge in [0, 0.05) is 6.42 Å². The summed E-state index contributed by atoms with van der Waals surface area (Å²) in [6.07, 6.45) is 3.63. The molecule has 0 radical (unpaired) electrons. The standard InChI is InChI=1S/C15H22N2O2/c1-19-13-8-6-12(7-9-13)15(11-4-5-11)17-14(18)3-2-10-16/h6-9,11,15H,2-5,10,16H2,1H3,(H,17,18). The van der Waals surface area contributed by atoms with E-state index in [0.717, 1.165) is 17.7 Å². The first-order valence-corrected chi connectivity index (χ1v) is 6.88. The van der Waals surface area contributed by atoms with Crippen molar-refractivity contribution in [2.75, 3.05) is 13.7 Å². The van der Waals surface area contributed by atoms with Crippen molar-refractivity contribution in [2.45, 2.75) is 31.7 Å². The van der Waals surface area contributed by atoms with E-state index in [1.165, 1.54) is 12.8 Å². The van der Waals surface area contributed by atoms with Crippen LogP contribution in [0.4, 0.5) is 0 Å². The largest absolute Gasteiger partial charge is 0.497 e. The van der Waals surface area contributed by atoms with Crippen LogP contribution in [0.1, 0.15) is 37.3 Å². The van der Waals surface area contributed by atoms with Crippen LogP contribution >= 0.6 is 0 Å². The van der Waals surface area contributed by atoms with Crippen molar-refractivity contribution in [1.29, 1.82) is 0 Å². The van der Waals surface area contributed by atoms with Gasteiger partial charge in [0.1, 0.15) is 5.75 Å². The van der Waals surface area contributed by atoms with Gasteiger partial charge in [-0.05, 0) is 49.4 Å². The molecule has 1 amide bonds. The Labute approximate surface area is 114 Å². The van der Waals surface area contributed by atoms with Gasteiger partial charge in [0.15, 0.2) is 0 Å². The monoisotopic (exact) mass is 262 g/mol. The Kier molecular flexibility index (Phi) is 4.80. The zero-order valence-electron chi connectivity index (χ0n) is 11.4. The molecule has 4 heteroatoms. The Morgan fingerprint density at radius 2 is 2.11 bits per heavy atom. The minimum absolute atomic E-state index is 0.0955. The minimum Gasteiger partial charge on any atom is -0.497 e. The molecule has 104 valence electrons. The minimum atomic E-state index is 0.0955. The number of benzene rings is 1. The van der Waals surface area contributed by atoms with Gasteiger partial charge >= 0.3 is 0 Å². The molecule has 1 saturated carbocycles. The highest BCUT2D eigenvalue weighted by atomic mass is 16.5. The van der Waals surface area contributed by atoms with Crippen molar-refractivity contribution in [3.05, 3.63) is 29.8 Å². The molecule has 1 fully saturated rings. The number of carbonyl (C=O) groups is 1. The summed E-state index contributed by atoms with van der Waals surface area (Å²) in [6, 6.07) is 8.08. The molecule has 0 spiro atoms. The lowest BCUT2D eigenvalue weighted by molar-refractivity contribution is -0.122. The van der Waals surface area contributed by atoms with Crippen molar-refractivity contribution in [3.8, 4) is 5.75 Å². The maximum atomic E-state index is 11.8. The van der Waals surface area contributed by atoms with E-state index >= 15 is 0 Å². The second-order valence-corrected chi connectivity index (χ2v) is 5.05. The molecule has 3 N–H and O–H groups in total. The average Bonchev–Trinajstić information content (AvgIpc) is 3.27. The zero-order chi connectivity index (χ0) is 13.7. The molecule has 1 aliphatic carbocycles. The topological polar surface area (TPSA) is 64.3 Å². The Bertz CT molecular complexity index is 413. The van der Waals surface area contributed by atoms with Crippen LogP contribution in [0.5, 0.6) is 5.75 Å². The van der Waals surface area contributed by atoms with Crippen molar-refractivity contribution in [1.82, 2.24) is 5.32 Å². The molecule has 4 nitrogen and oxygen atoms in total. The molecular formula is C15H22N2O2. The molecule has 0 aromatic heterocycles. The van der Waals surface area contributed by atoms with Gasteiger partial charge < -0.3 is 15.8 Å². The van der Waals surface area contributed by atoms with Gasteiger partial charge in [-0.25, -0.2) is 0 Å². The molecule has 0 heterocycles. The Morgan fingerprint density at radius 3 is 2.63 bits per heavy atom. The number of methoxy groups -OCH3 is 1. The number of rotatable bonds is 7. The van der Waals surface area contributed by atoms with Gasteiger partial charge in [0.25, 0.3) is 0 Å². The normalized spacial score (nSPS) is 15.9. The average molecular weight is 262 g/mol. The van der Waals surface area contributed by atoms with Crippen molar-refractivity contribution in [3.63, 3.8) is 0 Å². The van der Waals surface area contributed by atoms with Crippen molar-refractivity contribution in [2.24, 2.45) is 11.7 Å². The smallest absolute Gasteiger partial charge is 0.220 e. The number of hydrogen-bond acceptors (Lipinski definition) is 3. The van der Waals surface area contributed by atoms with Crippen LogP contribution in [0.3, 0.4) is 0 Å². The van der Waals surface area contributed by atoms with Crippen LogP contribution in [0.25, 0.3) is 0 Å². The van der Waals surface area contributed by atoms with Gasteiger partial charge in [0.05, 0.1) is 13.2 Å². The van der Waals surface area contributed by atoms with E-state index in [2.05, 4.69) is 5.32 Å². The van der Waals surface area contributed by atoms with E-state index in [1.807, 2.05) is 24.3 Å². The second kappa shape index (κ2) is 6.57. The van der Waals surface area contributed by atoms with Gasteiger partial charge in [0.2, 0.25) is 5.91 Å². The highest BCUT2D eigenvalue weighted by molar-refractivity contribution is 5.76. The quantitative estimate of drug-likeness (QED) is 0.790. The van der Waals surface area contributed by atoms with Crippen LogP contribution in [0.2, 0.25) is 0 Å². The molecule has 2 rings (SSSR count). The molecule has 1 atom stereocenters. The van der Waals surface area contributed by atoms with Crippen LogP contribution < -0.4 is 15.8 Å². The summed E-state index contributed by atoms with van der Waals surface area (Å²) in [6.45, 7) is 0.560. The van der Waals surface area contributed by atoms with E-state index in [-0.39, 0.29) is 11.9 Å². The predicted octanol–water partition coefficient (Wildman–Crippen LogP) is 2.00. The second-order valence-electron chi connectivity index (χ2n) is 5.05. The SMILES string of the molecule is COc1ccc(C(NC(=O)CCCN)C2CC2)cc1. The van der Waals surface area contributed by atoms with Crippen LogP contribution in [-0.2, 0) is 4.79 Å². The Morgan fingerprint density at radius 1 is 1.42 bits per heavy atom. The Balaban J connectivity index is 2.00. The highest BCUT2D eigenvalue weighted by Gasteiger charge is 2.33. The van der Waals surface area contributed by atoms with Gasteiger partial charge in [-0.3, -0.25) is 4.79 Å². The fourth-order valence-corrected chi connectivity index (χ4v) is 2.22. The number of nitrogens with two attached hydrogens (primary N) is 1. The third-order valence-corrected chi connectivity index (χ3v) is 3.49. The number of ether oxygens (including phenoxy) is 1. The summed E-state index contributed by atoms with van der Waals surface area (Å²) in [5, 5.41) is 3.13. The fourth-order valence-electron chi connectivity index (χ4n) is 2.22. The van der Waals surface area contributed by atoms with Gasteiger partial charge in [-0.15, -0.1) is 0 Å². The van der Waals surface area contributed by atoms with E-state index in [1.54, 1.807) is 7.11 Å². The lowest BCUT2D eigenvalue weighted by Crippen LogP contribution is -2.30. The number of hydrogen-bond donors (Lipinski definition) is 2. The van der Waals surface area contributed by atoms with Crippen LogP contribution in [0, 0.1) is 5.92 Å². The maximum Gasteiger partial charge on any atom is 0.220 e. The van der Waals surface area contributed by atoms with Crippen LogP contribution in [-0.4, -0.2) is 19.6 Å². The summed E-state index contributed by atoms with van der Waals surface area (Å²) < 4.78 is 5.16. The van der Waals surface area contributed by atoms with E-state index in [0.29, 0.717) is 18.9 Å². The molecule has 1 unspecified atom stereocenters. The summed E-state index contributed by atoms with van der Waals surface area (Å²) in [5.74, 6) is 1.51. The fraction of sp³-hybridized carbons (Fsp3) is 0.533. The Hall–Kier alpha value is -1.55. The third kappa shape index (κ3) is 3.96. The summed E-state index contributed by atoms with van der Waals surface area (Å²) in [4.78, 5) is 11.8. The molecule has 0 saturated heterocycles.